The lowest BCUT2D eigenvalue weighted by Gasteiger charge is -2.08. The van der Waals surface area contributed by atoms with Crippen LogP contribution in [0.2, 0.25) is 0 Å². The molecule has 0 aliphatic rings. The van der Waals surface area contributed by atoms with Crippen LogP contribution in [0.5, 0.6) is 0 Å². The van der Waals surface area contributed by atoms with Crippen LogP contribution in [0.4, 0.5) is 14.5 Å². The quantitative estimate of drug-likeness (QED) is 0.856. The smallest absolute Gasteiger partial charge is 0.131 e. The van der Waals surface area contributed by atoms with Crippen LogP contribution in [0.15, 0.2) is 42.5 Å². The van der Waals surface area contributed by atoms with Crippen molar-refractivity contribution >= 4 is 5.69 Å². The van der Waals surface area contributed by atoms with Crippen LogP contribution in [-0.4, -0.2) is 0 Å². The number of anilines is 1. The van der Waals surface area contributed by atoms with Crippen LogP contribution < -0.4 is 5.32 Å². The van der Waals surface area contributed by atoms with E-state index in [-0.39, 0.29) is 0 Å². The van der Waals surface area contributed by atoms with Crippen molar-refractivity contribution in [2.24, 2.45) is 0 Å². The van der Waals surface area contributed by atoms with Crippen molar-refractivity contribution in [2.75, 3.05) is 5.32 Å². The summed E-state index contributed by atoms with van der Waals surface area (Å²) in [5, 5.41) is 3.13. The number of benzene rings is 2. The second kappa shape index (κ2) is 5.63. The average molecular weight is 247 g/mol. The Morgan fingerprint density at radius 2 is 1.89 bits per heavy atom. The zero-order chi connectivity index (χ0) is 13.0. The number of hydrogen-bond acceptors (Lipinski definition) is 1. The zero-order valence-corrected chi connectivity index (χ0v) is 10.2. The summed E-state index contributed by atoms with van der Waals surface area (Å²) in [5.74, 6) is -1.07. The minimum atomic E-state index is -0.552. The molecule has 0 spiro atoms. The number of hydrogen-bond donors (Lipinski definition) is 1. The SMILES string of the molecule is CCc1cccc(NCc2ccc(F)cc2F)c1. The van der Waals surface area contributed by atoms with Crippen LogP contribution in [0.1, 0.15) is 18.1 Å². The van der Waals surface area contributed by atoms with Crippen molar-refractivity contribution in [1.29, 1.82) is 0 Å². The third kappa shape index (κ3) is 3.06. The molecule has 0 aliphatic heterocycles. The zero-order valence-electron chi connectivity index (χ0n) is 10.2. The standard InChI is InChI=1S/C15H15F2N/c1-2-11-4-3-5-14(8-11)18-10-12-6-7-13(16)9-15(12)17/h3-9,18H,2,10H2,1H3. The van der Waals surface area contributed by atoms with Gasteiger partial charge in [-0.3, -0.25) is 0 Å². The molecule has 0 saturated heterocycles. The van der Waals surface area contributed by atoms with Crippen LogP contribution in [0.25, 0.3) is 0 Å². The first-order chi connectivity index (χ1) is 8.69. The van der Waals surface area contributed by atoms with Gasteiger partial charge in [0.1, 0.15) is 11.6 Å². The second-order valence-electron chi connectivity index (χ2n) is 4.14. The maximum atomic E-state index is 13.4. The minimum absolute atomic E-state index is 0.347. The van der Waals surface area contributed by atoms with E-state index in [9.17, 15) is 8.78 Å². The van der Waals surface area contributed by atoms with Crippen molar-refractivity contribution in [3.63, 3.8) is 0 Å². The van der Waals surface area contributed by atoms with Gasteiger partial charge in [-0.25, -0.2) is 8.78 Å². The van der Waals surface area contributed by atoms with Gasteiger partial charge in [0.2, 0.25) is 0 Å². The largest absolute Gasteiger partial charge is 0.381 e. The molecule has 1 N–H and O–H groups in total. The predicted molar refractivity (Wildman–Crippen MR) is 69.5 cm³/mol. The van der Waals surface area contributed by atoms with Crippen molar-refractivity contribution in [2.45, 2.75) is 19.9 Å². The maximum Gasteiger partial charge on any atom is 0.131 e. The molecule has 0 bridgehead atoms. The normalized spacial score (nSPS) is 10.4. The monoisotopic (exact) mass is 247 g/mol. The molecular formula is C15H15F2N. The molecule has 0 atom stereocenters. The van der Waals surface area contributed by atoms with Gasteiger partial charge in [0.05, 0.1) is 0 Å². The van der Waals surface area contributed by atoms with E-state index in [1.165, 1.54) is 17.7 Å². The van der Waals surface area contributed by atoms with E-state index in [4.69, 9.17) is 0 Å². The van der Waals surface area contributed by atoms with Gasteiger partial charge in [0.15, 0.2) is 0 Å². The highest BCUT2D eigenvalue weighted by Gasteiger charge is 2.03. The highest BCUT2D eigenvalue weighted by molar-refractivity contribution is 5.46. The summed E-state index contributed by atoms with van der Waals surface area (Å²) >= 11 is 0. The Morgan fingerprint density at radius 1 is 1.06 bits per heavy atom. The molecule has 2 aromatic rings. The lowest BCUT2D eigenvalue weighted by atomic mass is 10.1. The molecule has 3 heteroatoms. The van der Waals surface area contributed by atoms with Crippen LogP contribution in [0.3, 0.4) is 0 Å². The average Bonchev–Trinajstić information content (AvgIpc) is 2.38. The summed E-state index contributed by atoms with van der Waals surface area (Å²) in [6.07, 6.45) is 0.959. The van der Waals surface area contributed by atoms with Crippen molar-refractivity contribution in [3.05, 3.63) is 65.2 Å². The molecule has 0 heterocycles. The molecule has 0 amide bonds. The third-order valence-electron chi connectivity index (χ3n) is 2.83. The van der Waals surface area contributed by atoms with Crippen LogP contribution >= 0.6 is 0 Å². The number of halogens is 2. The molecule has 0 saturated carbocycles. The minimum Gasteiger partial charge on any atom is -0.381 e. The maximum absolute atomic E-state index is 13.4. The van der Waals surface area contributed by atoms with E-state index < -0.39 is 11.6 Å². The molecule has 94 valence electrons. The van der Waals surface area contributed by atoms with E-state index >= 15 is 0 Å². The molecule has 0 aliphatic carbocycles. The fourth-order valence-corrected chi connectivity index (χ4v) is 1.76. The predicted octanol–water partition coefficient (Wildman–Crippen LogP) is 4.14. The summed E-state index contributed by atoms with van der Waals surface area (Å²) in [7, 11) is 0. The fraction of sp³-hybridized carbons (Fsp3) is 0.200. The molecule has 1 nitrogen and oxygen atoms in total. The summed E-state index contributed by atoms with van der Waals surface area (Å²) in [4.78, 5) is 0. The Bertz CT molecular complexity index is 538. The molecule has 2 rings (SSSR count). The first kappa shape index (κ1) is 12.6. The van der Waals surface area contributed by atoms with E-state index in [0.29, 0.717) is 12.1 Å². The lowest BCUT2D eigenvalue weighted by molar-refractivity contribution is 0.574. The second-order valence-corrected chi connectivity index (χ2v) is 4.14. The van der Waals surface area contributed by atoms with Gasteiger partial charge >= 0.3 is 0 Å². The van der Waals surface area contributed by atoms with Crippen molar-refractivity contribution in [3.8, 4) is 0 Å². The van der Waals surface area contributed by atoms with Crippen molar-refractivity contribution < 1.29 is 8.78 Å². The first-order valence-corrected chi connectivity index (χ1v) is 5.96. The molecule has 0 fully saturated rings. The van der Waals surface area contributed by atoms with Gasteiger partial charge in [0, 0.05) is 23.9 Å². The Morgan fingerprint density at radius 3 is 2.61 bits per heavy atom. The molecule has 2 aromatic carbocycles. The molecule has 0 aromatic heterocycles. The van der Waals surface area contributed by atoms with E-state index in [1.807, 2.05) is 24.3 Å². The molecular weight excluding hydrogens is 232 g/mol. The first-order valence-electron chi connectivity index (χ1n) is 5.96. The number of nitrogens with one attached hydrogen (secondary N) is 1. The third-order valence-corrected chi connectivity index (χ3v) is 2.83. The van der Waals surface area contributed by atoms with E-state index in [2.05, 4.69) is 12.2 Å². The Kier molecular flexibility index (Phi) is 3.92. The van der Waals surface area contributed by atoms with Crippen molar-refractivity contribution in [1.82, 2.24) is 0 Å². The summed E-state index contributed by atoms with van der Waals surface area (Å²) in [5.41, 5.74) is 2.62. The Hall–Kier alpha value is -1.90. The van der Waals surface area contributed by atoms with Gasteiger partial charge in [-0.05, 0) is 30.2 Å². The highest BCUT2D eigenvalue weighted by atomic mass is 19.1. The van der Waals surface area contributed by atoms with E-state index in [1.54, 1.807) is 0 Å². The van der Waals surface area contributed by atoms with Crippen LogP contribution in [0, 0.1) is 11.6 Å². The van der Waals surface area contributed by atoms with Gasteiger partial charge in [0.25, 0.3) is 0 Å². The fourth-order valence-electron chi connectivity index (χ4n) is 1.76. The summed E-state index contributed by atoms with van der Waals surface area (Å²) in [6, 6.07) is 11.6. The topological polar surface area (TPSA) is 12.0 Å². The number of aryl methyl sites for hydroxylation is 1. The lowest BCUT2D eigenvalue weighted by Crippen LogP contribution is -2.02. The van der Waals surface area contributed by atoms with Gasteiger partial charge in [-0.2, -0.15) is 0 Å². The molecule has 0 unspecified atom stereocenters. The number of rotatable bonds is 4. The Labute approximate surface area is 105 Å². The summed E-state index contributed by atoms with van der Waals surface area (Å²) < 4.78 is 26.2. The van der Waals surface area contributed by atoms with Gasteiger partial charge in [-0.1, -0.05) is 25.1 Å². The summed E-state index contributed by atoms with van der Waals surface area (Å²) in [6.45, 7) is 2.43. The van der Waals surface area contributed by atoms with Crippen LogP contribution in [-0.2, 0) is 13.0 Å². The highest BCUT2D eigenvalue weighted by Crippen LogP contribution is 2.14. The molecule has 0 radical (unpaired) electrons. The Balaban J connectivity index is 2.06. The molecule has 18 heavy (non-hydrogen) atoms. The van der Waals surface area contributed by atoms with E-state index in [0.717, 1.165) is 18.2 Å². The van der Waals surface area contributed by atoms with Gasteiger partial charge in [-0.15, -0.1) is 0 Å². The van der Waals surface area contributed by atoms with Gasteiger partial charge < -0.3 is 5.32 Å².